The minimum atomic E-state index is -2.80. The van der Waals surface area contributed by atoms with Gasteiger partial charge in [-0.1, -0.05) is 69.4 Å². The van der Waals surface area contributed by atoms with Crippen LogP contribution in [-0.4, -0.2) is 227 Å². The van der Waals surface area contributed by atoms with Crippen LogP contribution in [0.4, 0.5) is 14.4 Å². The Balaban J connectivity index is 1.17. The van der Waals surface area contributed by atoms with Gasteiger partial charge in [0.25, 0.3) is 17.4 Å². The van der Waals surface area contributed by atoms with Crippen molar-refractivity contribution in [3.8, 4) is 0 Å². The van der Waals surface area contributed by atoms with Gasteiger partial charge in [0.1, 0.15) is 48.8 Å². The van der Waals surface area contributed by atoms with E-state index in [-0.39, 0.29) is 13.2 Å². The van der Waals surface area contributed by atoms with Gasteiger partial charge in [-0.05, 0) is 12.0 Å². The number of benzene rings is 1. The lowest BCUT2D eigenvalue weighted by atomic mass is 9.88. The Kier molecular flexibility index (Phi) is 23.7. The molecule has 0 aliphatic carbocycles. The van der Waals surface area contributed by atoms with Crippen LogP contribution in [0.25, 0.3) is 0 Å². The Morgan fingerprint density at radius 1 is 0.523 bits per heavy atom. The molecule has 32 nitrogen and oxygen atoms in total. The van der Waals surface area contributed by atoms with E-state index in [0.717, 1.165) is 81.1 Å². The molecular formula is C56H77N3O29. The molecule has 6 heterocycles. The molecule has 32 heteroatoms. The molecule has 7 rings (SSSR count). The maximum absolute atomic E-state index is 14.2. The van der Waals surface area contributed by atoms with Gasteiger partial charge in [-0.3, -0.25) is 19.2 Å². The first-order valence-electron chi connectivity index (χ1n) is 28.7. The lowest BCUT2D eigenvalue weighted by Crippen LogP contribution is -2.68. The Morgan fingerprint density at radius 3 is 1.30 bits per heavy atom. The number of aliphatic hydroxyl groups is 2. The van der Waals surface area contributed by atoms with Crippen LogP contribution in [0.15, 0.2) is 30.3 Å². The number of esters is 7. The van der Waals surface area contributed by atoms with Gasteiger partial charge in [0.05, 0.1) is 91.8 Å². The number of hydrogen-bond donors (Lipinski definition) is 5. The van der Waals surface area contributed by atoms with Crippen LogP contribution in [0.1, 0.15) is 98.0 Å². The predicted octanol–water partition coefficient (Wildman–Crippen LogP) is 0.468. The molecule has 88 heavy (non-hydrogen) atoms. The van der Waals surface area contributed by atoms with Gasteiger partial charge >= 0.3 is 60.1 Å². The third-order valence-electron chi connectivity index (χ3n) is 15.3. The van der Waals surface area contributed by atoms with Gasteiger partial charge in [0.2, 0.25) is 0 Å². The lowest BCUT2D eigenvalue weighted by molar-refractivity contribution is -0.328. The molecule has 3 amide bonds. The van der Waals surface area contributed by atoms with Crippen LogP contribution in [0.3, 0.4) is 0 Å². The molecular weight excluding hydrogens is 1180 g/mol. The highest BCUT2D eigenvalue weighted by Crippen LogP contribution is 2.43. The van der Waals surface area contributed by atoms with Crippen LogP contribution in [0, 0.1) is 0 Å². The Hall–Kier alpha value is -7.04. The molecule has 490 valence electrons. The summed E-state index contributed by atoms with van der Waals surface area (Å²) in [6.07, 6.45) is -20.6. The third kappa shape index (κ3) is 16.4. The summed E-state index contributed by atoms with van der Waals surface area (Å²) in [5, 5.41) is 32.0. The molecule has 18 atom stereocenters. The van der Waals surface area contributed by atoms with Crippen molar-refractivity contribution < 1.29 is 139 Å². The van der Waals surface area contributed by atoms with Crippen LogP contribution >= 0.6 is 0 Å². The Labute approximate surface area is 504 Å². The van der Waals surface area contributed by atoms with E-state index in [4.69, 9.17) is 80.5 Å². The minimum Gasteiger partial charge on any atom is -0.465 e. The van der Waals surface area contributed by atoms with E-state index in [1.165, 1.54) is 0 Å². The van der Waals surface area contributed by atoms with Gasteiger partial charge in [0, 0.05) is 27.7 Å². The molecule has 0 saturated carbocycles. The predicted molar refractivity (Wildman–Crippen MR) is 286 cm³/mol. The largest absolute Gasteiger partial charge is 0.465 e. The number of rotatable bonds is 31. The Morgan fingerprint density at radius 2 is 0.898 bits per heavy atom. The van der Waals surface area contributed by atoms with E-state index >= 15 is 0 Å². The molecule has 5 N–H and O–H groups in total. The van der Waals surface area contributed by atoms with Crippen molar-refractivity contribution >= 4 is 60.1 Å². The molecule has 0 aromatic heterocycles. The fraction of sp³-hybridized carbons (Fsp3) is 0.714. The summed E-state index contributed by atoms with van der Waals surface area (Å²) in [4.78, 5) is 132. The number of hydrogen-bond acceptors (Lipinski definition) is 29. The molecule has 6 saturated heterocycles. The average Bonchev–Trinajstić information content (AvgIpc) is 2.66. The van der Waals surface area contributed by atoms with Crippen molar-refractivity contribution in [3.05, 3.63) is 35.9 Å². The van der Waals surface area contributed by atoms with Gasteiger partial charge < -0.3 is 107 Å². The van der Waals surface area contributed by atoms with Gasteiger partial charge in [0.15, 0.2) is 24.4 Å². The summed E-state index contributed by atoms with van der Waals surface area (Å²) in [6, 6.07) is 4.91. The summed E-state index contributed by atoms with van der Waals surface area (Å²) in [6.45, 7) is 3.38. The molecule has 1 aromatic carbocycles. The number of carbonyl (C=O) groups is 10. The number of ether oxygens (including phenoxy) is 17. The summed E-state index contributed by atoms with van der Waals surface area (Å²) in [5.41, 5.74) is 0.711. The fourth-order valence-corrected chi connectivity index (χ4v) is 11.4. The molecule has 6 fully saturated rings. The van der Waals surface area contributed by atoms with E-state index in [9.17, 15) is 58.2 Å². The zero-order valence-corrected chi connectivity index (χ0v) is 49.9. The maximum atomic E-state index is 14.2. The molecule has 6 aliphatic rings. The first-order chi connectivity index (χ1) is 41.9. The van der Waals surface area contributed by atoms with Gasteiger partial charge in [-0.15, -0.1) is 0 Å². The number of fused-ring (bicyclic) bond motifs is 3. The molecule has 0 bridgehead atoms. The normalized spacial score (nSPS) is 30.6. The highest BCUT2D eigenvalue weighted by Gasteiger charge is 2.65. The van der Waals surface area contributed by atoms with E-state index in [1.807, 2.05) is 0 Å². The summed E-state index contributed by atoms with van der Waals surface area (Å²) >= 11 is 0. The number of alkyl carbamates (subject to hydrolysis) is 3. The standard InChI is InChI=1S/C56H77N3O29/c1-9-10-11-12-13-17-20-76-54(48(66)72-6)21-35-39(57-51(69)83-35)45(86-54)42(80-29(3)61)33(64)25-77-55(49(67)73-7)22-36-40(58-52(70)84-36)46(87-55)43(81-30(4)62)34(65)26-78-56(50(68)74-8)23-37-41(59-53(71)85-37)47(88-56)44(82-31(5)63)38(79-28(2)60)27-75-24-32-18-15-14-16-19-32/h14-16,18-19,33-47,64-65H,9-13,17,20-27H2,1-8H3,(H,57,69)(H,58,70)(H,59,71)/t33-,34-,35+,36+,37+,38-,39-,40-,41-,42-,43-,44-,45-,46-,47-,54-,55?,56-/m1/s1. The number of carbonyl (C=O) groups excluding carboxylic acids is 10. The monoisotopic (exact) mass is 1260 g/mol. The maximum Gasteiger partial charge on any atom is 0.407 e. The summed E-state index contributed by atoms with van der Waals surface area (Å²) in [7, 11) is 2.93. The number of unbranched alkanes of at least 4 members (excludes halogenated alkanes) is 5. The van der Waals surface area contributed by atoms with Gasteiger partial charge in [-0.25, -0.2) is 28.8 Å². The van der Waals surface area contributed by atoms with Crippen molar-refractivity contribution in [1.82, 2.24) is 16.0 Å². The van der Waals surface area contributed by atoms with Crippen LogP contribution in [-0.2, 0) is 121 Å². The topological polar surface area (TPSA) is 404 Å². The highest BCUT2D eigenvalue weighted by molar-refractivity contribution is 5.81. The third-order valence-corrected chi connectivity index (χ3v) is 15.3. The number of amides is 3. The van der Waals surface area contributed by atoms with Crippen LogP contribution < -0.4 is 16.0 Å². The molecule has 0 spiro atoms. The van der Waals surface area contributed by atoms with E-state index in [0.29, 0.717) is 12.0 Å². The van der Waals surface area contributed by atoms with Gasteiger partial charge in [-0.2, -0.15) is 0 Å². The van der Waals surface area contributed by atoms with Crippen molar-refractivity contribution in [2.24, 2.45) is 0 Å². The quantitative estimate of drug-likeness (QED) is 0.0383. The highest BCUT2D eigenvalue weighted by atomic mass is 16.8. The van der Waals surface area contributed by atoms with E-state index in [2.05, 4.69) is 22.9 Å². The zero-order valence-electron chi connectivity index (χ0n) is 49.9. The second-order valence-electron chi connectivity index (χ2n) is 21.7. The Bertz CT molecular complexity index is 2650. The number of aliphatic hydroxyl groups excluding tert-OH is 2. The molecule has 0 radical (unpaired) electrons. The zero-order chi connectivity index (χ0) is 64.1. The SMILES string of the molecule is CCCCCCCCO[C@]1(C(=O)OC)C[C@@H]2OC(=O)N[C@H]2[C@H]([C@H](OC(C)=O)[C@H](O)COC2(C(=O)OC)C[C@@H]3OC(=O)N[C@H]3[C@H]([C@H](OC(C)=O)[C@H](O)CO[C@]3(C(=O)OC)C[C@@H]4OC(=O)N[C@H]4[C@H]([C@H](OC(C)=O)[C@@H](COCc4ccccc4)OC(C)=O)O3)O2)O1. The number of methoxy groups -OCH3 is 3. The van der Waals surface area contributed by atoms with Crippen molar-refractivity contribution in [1.29, 1.82) is 0 Å². The van der Waals surface area contributed by atoms with E-state index in [1.54, 1.807) is 30.3 Å². The smallest absolute Gasteiger partial charge is 0.407 e. The molecule has 1 aromatic rings. The first-order valence-corrected chi connectivity index (χ1v) is 28.7. The summed E-state index contributed by atoms with van der Waals surface area (Å²) < 4.78 is 97.9. The number of nitrogens with one attached hydrogen (secondary N) is 3. The average molecular weight is 1260 g/mol. The van der Waals surface area contributed by atoms with Crippen LogP contribution in [0.2, 0.25) is 0 Å². The summed E-state index contributed by atoms with van der Waals surface area (Å²) in [5.74, 6) is -15.5. The van der Waals surface area contributed by atoms with Crippen LogP contribution in [0.5, 0.6) is 0 Å². The fourth-order valence-electron chi connectivity index (χ4n) is 11.4. The van der Waals surface area contributed by atoms with E-state index < -0.39 is 208 Å². The second kappa shape index (κ2) is 30.4. The second-order valence-corrected chi connectivity index (χ2v) is 21.7. The van der Waals surface area contributed by atoms with Crippen molar-refractivity contribution in [3.63, 3.8) is 0 Å². The first kappa shape index (κ1) is 68.5. The minimum absolute atomic E-state index is 0.0163. The van der Waals surface area contributed by atoms with Crippen molar-refractivity contribution in [2.45, 2.75) is 208 Å². The lowest BCUT2D eigenvalue weighted by Gasteiger charge is -2.47. The molecule has 1 unspecified atom stereocenters. The molecule has 6 aliphatic heterocycles. The van der Waals surface area contributed by atoms with Crippen molar-refractivity contribution in [2.75, 3.05) is 47.8 Å².